The van der Waals surface area contributed by atoms with Gasteiger partial charge in [0, 0.05) is 24.1 Å². The van der Waals surface area contributed by atoms with Crippen molar-refractivity contribution in [2.24, 2.45) is 5.92 Å². The third kappa shape index (κ3) is 4.51. The maximum Gasteiger partial charge on any atom is 0.316 e. The quantitative estimate of drug-likeness (QED) is 0.572. The van der Waals surface area contributed by atoms with Crippen molar-refractivity contribution in [2.75, 3.05) is 7.11 Å². The van der Waals surface area contributed by atoms with Gasteiger partial charge < -0.3 is 4.74 Å². The van der Waals surface area contributed by atoms with Crippen molar-refractivity contribution in [3.05, 3.63) is 53.7 Å². The minimum absolute atomic E-state index is 0.140. The van der Waals surface area contributed by atoms with Gasteiger partial charge in [0.2, 0.25) is 0 Å². The number of nitriles is 1. The molecule has 0 aliphatic rings. The number of ether oxygens (including phenoxy) is 1. The molecule has 5 heteroatoms. The average Bonchev–Trinajstić information content (AvgIpc) is 2.65. The van der Waals surface area contributed by atoms with Crippen LogP contribution >= 0.6 is 0 Å². The Balaban J connectivity index is 2.33. The molecule has 0 spiro atoms. The van der Waals surface area contributed by atoms with E-state index in [-0.39, 0.29) is 12.2 Å². The van der Waals surface area contributed by atoms with Crippen LogP contribution < -0.4 is 0 Å². The summed E-state index contributed by atoms with van der Waals surface area (Å²) in [4.78, 5) is 28.7. The monoisotopic (exact) mass is 336 g/mol. The van der Waals surface area contributed by atoms with Crippen LogP contribution in [0, 0.1) is 17.2 Å². The highest BCUT2D eigenvalue weighted by Gasteiger charge is 2.27. The van der Waals surface area contributed by atoms with Crippen molar-refractivity contribution in [2.45, 2.75) is 26.2 Å². The van der Waals surface area contributed by atoms with Crippen molar-refractivity contribution < 1.29 is 14.3 Å². The molecule has 0 saturated carbocycles. The Morgan fingerprint density at radius 2 is 1.96 bits per heavy atom. The maximum absolute atomic E-state index is 12.2. The molecule has 1 aromatic carbocycles. The van der Waals surface area contributed by atoms with E-state index in [0.717, 1.165) is 5.56 Å². The number of pyridine rings is 1. The Hall–Kier alpha value is -3.00. The summed E-state index contributed by atoms with van der Waals surface area (Å²) in [6.45, 7) is 1.89. The summed E-state index contributed by atoms with van der Waals surface area (Å²) in [6, 6.07) is 14.7. The lowest BCUT2D eigenvalue weighted by Crippen LogP contribution is -2.27. The first-order valence-electron chi connectivity index (χ1n) is 8.16. The molecule has 0 aliphatic heterocycles. The fraction of sp³-hybridized carbons (Fsp3) is 0.300. The van der Waals surface area contributed by atoms with Crippen molar-refractivity contribution in [1.29, 1.82) is 5.26 Å². The van der Waals surface area contributed by atoms with Crippen molar-refractivity contribution in [1.82, 2.24) is 4.98 Å². The van der Waals surface area contributed by atoms with Gasteiger partial charge in [-0.05, 0) is 24.6 Å². The standard InChI is InChI=1S/C20H20N2O3/c1-3-7-19(23)17(20(24)25-2)12-15-9-6-11-18(22-15)16-10-5-4-8-14(16)13-21/h4-6,8-11,17H,3,7,12H2,1-2H3. The molecule has 0 amide bonds. The normalized spacial score (nSPS) is 11.4. The molecular weight excluding hydrogens is 316 g/mol. The van der Waals surface area contributed by atoms with Crippen LogP contribution in [-0.2, 0) is 20.7 Å². The lowest BCUT2D eigenvalue weighted by Gasteiger charge is -2.13. The molecule has 2 rings (SSSR count). The summed E-state index contributed by atoms with van der Waals surface area (Å²) < 4.78 is 4.77. The predicted molar refractivity (Wildman–Crippen MR) is 93.5 cm³/mol. The number of hydrogen-bond acceptors (Lipinski definition) is 5. The Morgan fingerprint density at radius 3 is 2.64 bits per heavy atom. The molecule has 25 heavy (non-hydrogen) atoms. The molecule has 1 atom stereocenters. The van der Waals surface area contributed by atoms with E-state index in [0.29, 0.717) is 29.8 Å². The molecule has 0 fully saturated rings. The first-order valence-corrected chi connectivity index (χ1v) is 8.16. The smallest absolute Gasteiger partial charge is 0.316 e. The molecule has 0 N–H and O–H groups in total. The third-order valence-corrected chi connectivity index (χ3v) is 3.91. The lowest BCUT2D eigenvalue weighted by molar-refractivity contribution is -0.149. The topological polar surface area (TPSA) is 80.0 Å². The number of nitrogens with zero attached hydrogens (tertiary/aromatic N) is 2. The van der Waals surface area contributed by atoms with Crippen molar-refractivity contribution >= 4 is 11.8 Å². The number of esters is 1. The fourth-order valence-electron chi connectivity index (χ4n) is 2.65. The Morgan fingerprint density at radius 1 is 1.20 bits per heavy atom. The van der Waals surface area contributed by atoms with Gasteiger partial charge in [-0.25, -0.2) is 0 Å². The number of carbonyl (C=O) groups excluding carboxylic acids is 2. The highest BCUT2D eigenvalue weighted by atomic mass is 16.5. The summed E-state index contributed by atoms with van der Waals surface area (Å²) in [5.41, 5.74) is 2.51. The molecule has 1 unspecified atom stereocenters. The molecule has 0 bridgehead atoms. The molecule has 1 heterocycles. The Labute approximate surface area is 147 Å². The third-order valence-electron chi connectivity index (χ3n) is 3.91. The van der Waals surface area contributed by atoms with Gasteiger partial charge in [-0.15, -0.1) is 0 Å². The lowest BCUT2D eigenvalue weighted by atomic mass is 9.94. The van der Waals surface area contributed by atoms with Crippen molar-refractivity contribution in [3.8, 4) is 17.3 Å². The first kappa shape index (κ1) is 18.3. The van der Waals surface area contributed by atoms with Crippen LogP contribution in [-0.4, -0.2) is 23.8 Å². The summed E-state index contributed by atoms with van der Waals surface area (Å²) in [5.74, 6) is -1.53. The van der Waals surface area contributed by atoms with E-state index in [1.807, 2.05) is 25.1 Å². The second-order valence-corrected chi connectivity index (χ2v) is 5.67. The minimum atomic E-state index is -0.848. The number of methoxy groups -OCH3 is 1. The molecule has 2 aromatic rings. The second kappa shape index (κ2) is 8.74. The number of carbonyl (C=O) groups is 2. The largest absolute Gasteiger partial charge is 0.468 e. The van der Waals surface area contributed by atoms with Gasteiger partial charge >= 0.3 is 5.97 Å². The molecule has 1 aromatic heterocycles. The summed E-state index contributed by atoms with van der Waals surface area (Å²) in [6.07, 6.45) is 1.19. The number of ketones is 1. The maximum atomic E-state index is 12.2. The fourth-order valence-corrected chi connectivity index (χ4v) is 2.65. The van der Waals surface area contributed by atoms with Gasteiger partial charge in [0.1, 0.15) is 11.7 Å². The number of Topliss-reactive ketones (excluding diaryl/α,β-unsaturated/α-hetero) is 1. The molecule has 5 nitrogen and oxygen atoms in total. The predicted octanol–water partition coefficient (Wildman–Crippen LogP) is 3.32. The number of benzene rings is 1. The van der Waals surface area contributed by atoms with Gasteiger partial charge in [0.25, 0.3) is 0 Å². The molecule has 0 aliphatic carbocycles. The Bertz CT molecular complexity index is 809. The van der Waals surface area contributed by atoms with E-state index in [2.05, 4.69) is 11.1 Å². The van der Waals surface area contributed by atoms with Gasteiger partial charge in [-0.3, -0.25) is 14.6 Å². The zero-order valence-electron chi connectivity index (χ0n) is 14.4. The summed E-state index contributed by atoms with van der Waals surface area (Å²) >= 11 is 0. The van der Waals surface area contributed by atoms with Crippen LogP contribution in [0.25, 0.3) is 11.3 Å². The van der Waals surface area contributed by atoms with Crippen LogP contribution in [0.1, 0.15) is 31.0 Å². The van der Waals surface area contributed by atoms with Gasteiger partial charge in [-0.2, -0.15) is 5.26 Å². The number of aromatic nitrogens is 1. The summed E-state index contributed by atoms with van der Waals surface area (Å²) in [5, 5.41) is 9.25. The zero-order chi connectivity index (χ0) is 18.2. The summed E-state index contributed by atoms with van der Waals surface area (Å²) in [7, 11) is 1.28. The average molecular weight is 336 g/mol. The molecular formula is C20H20N2O3. The zero-order valence-corrected chi connectivity index (χ0v) is 14.4. The van der Waals surface area contributed by atoms with E-state index >= 15 is 0 Å². The second-order valence-electron chi connectivity index (χ2n) is 5.67. The van der Waals surface area contributed by atoms with Crippen LogP contribution in [0.3, 0.4) is 0 Å². The van der Waals surface area contributed by atoms with Crippen LogP contribution in [0.4, 0.5) is 0 Å². The molecule has 0 saturated heterocycles. The van der Waals surface area contributed by atoms with Gasteiger partial charge in [0.15, 0.2) is 0 Å². The number of rotatable bonds is 7. The SMILES string of the molecule is CCCC(=O)C(Cc1cccc(-c2ccccc2C#N)n1)C(=O)OC. The van der Waals surface area contributed by atoms with Crippen molar-refractivity contribution in [3.63, 3.8) is 0 Å². The van der Waals surface area contributed by atoms with E-state index in [1.54, 1.807) is 24.3 Å². The van der Waals surface area contributed by atoms with E-state index < -0.39 is 11.9 Å². The first-order chi connectivity index (χ1) is 12.1. The highest BCUT2D eigenvalue weighted by molar-refractivity contribution is 5.99. The highest BCUT2D eigenvalue weighted by Crippen LogP contribution is 2.22. The van der Waals surface area contributed by atoms with Gasteiger partial charge in [0.05, 0.1) is 24.4 Å². The van der Waals surface area contributed by atoms with E-state index in [9.17, 15) is 14.9 Å². The molecule has 0 radical (unpaired) electrons. The van der Waals surface area contributed by atoms with E-state index in [4.69, 9.17) is 4.74 Å². The van der Waals surface area contributed by atoms with Crippen LogP contribution in [0.2, 0.25) is 0 Å². The van der Waals surface area contributed by atoms with E-state index in [1.165, 1.54) is 7.11 Å². The van der Waals surface area contributed by atoms with Crippen LogP contribution in [0.15, 0.2) is 42.5 Å². The number of hydrogen-bond donors (Lipinski definition) is 0. The minimum Gasteiger partial charge on any atom is -0.468 e. The Kier molecular flexibility index (Phi) is 6.41. The van der Waals surface area contributed by atoms with Gasteiger partial charge in [-0.1, -0.05) is 31.2 Å². The van der Waals surface area contributed by atoms with Crippen LogP contribution in [0.5, 0.6) is 0 Å². The molecule has 128 valence electrons.